The molecule has 1 saturated heterocycles. The van der Waals surface area contributed by atoms with Gasteiger partial charge in [-0.25, -0.2) is 4.79 Å². The number of esters is 1. The van der Waals surface area contributed by atoms with Crippen molar-refractivity contribution in [3.63, 3.8) is 0 Å². The van der Waals surface area contributed by atoms with Crippen molar-refractivity contribution >= 4 is 34.1 Å². The number of carbonyl (C=O) groups excluding carboxylic acids is 3. The largest absolute Gasteiger partial charge is 0.465 e. The molecule has 2 heterocycles. The molecule has 2 fully saturated rings. The van der Waals surface area contributed by atoms with Gasteiger partial charge in [0.1, 0.15) is 11.6 Å². The highest BCUT2D eigenvalue weighted by Gasteiger charge is 2.33. The van der Waals surface area contributed by atoms with Crippen LogP contribution in [0.2, 0.25) is 0 Å². The van der Waals surface area contributed by atoms with Crippen LogP contribution >= 0.6 is 11.3 Å². The second-order valence-electron chi connectivity index (χ2n) is 6.29. The van der Waals surface area contributed by atoms with Crippen molar-refractivity contribution in [2.45, 2.75) is 31.7 Å². The van der Waals surface area contributed by atoms with Gasteiger partial charge in [0.15, 0.2) is 0 Å². The van der Waals surface area contributed by atoms with E-state index in [0.29, 0.717) is 23.7 Å². The lowest BCUT2D eigenvalue weighted by Crippen LogP contribution is -2.49. The fourth-order valence-electron chi connectivity index (χ4n) is 3.46. The van der Waals surface area contributed by atoms with Gasteiger partial charge >= 0.3 is 5.97 Å². The van der Waals surface area contributed by atoms with Crippen LogP contribution in [0.5, 0.6) is 0 Å². The molecule has 2 aliphatic rings. The molecule has 0 atom stereocenters. The molecule has 1 aliphatic carbocycles. The SMILES string of the molecule is COC(=O)c1ccsc1NC(=O)C1CCC(N2CCOCC2=O)CC1. The molecule has 0 unspecified atom stereocenters. The van der Waals surface area contributed by atoms with E-state index in [-0.39, 0.29) is 30.4 Å². The summed E-state index contributed by atoms with van der Waals surface area (Å²) >= 11 is 1.31. The minimum absolute atomic E-state index is 0.0421. The van der Waals surface area contributed by atoms with Crippen molar-refractivity contribution in [2.24, 2.45) is 5.92 Å². The van der Waals surface area contributed by atoms with Crippen LogP contribution in [0.4, 0.5) is 5.00 Å². The van der Waals surface area contributed by atoms with E-state index >= 15 is 0 Å². The summed E-state index contributed by atoms with van der Waals surface area (Å²) in [5.74, 6) is -0.578. The van der Waals surface area contributed by atoms with Crippen molar-refractivity contribution in [3.8, 4) is 0 Å². The van der Waals surface area contributed by atoms with Gasteiger partial charge in [-0.15, -0.1) is 11.3 Å². The van der Waals surface area contributed by atoms with Gasteiger partial charge in [-0.1, -0.05) is 0 Å². The lowest BCUT2D eigenvalue weighted by molar-refractivity contribution is -0.146. The van der Waals surface area contributed by atoms with Crippen molar-refractivity contribution in [3.05, 3.63) is 17.0 Å². The molecule has 1 aliphatic heterocycles. The van der Waals surface area contributed by atoms with E-state index in [4.69, 9.17) is 9.47 Å². The van der Waals surface area contributed by atoms with Gasteiger partial charge in [0.05, 0.1) is 19.3 Å². The highest BCUT2D eigenvalue weighted by atomic mass is 32.1. The van der Waals surface area contributed by atoms with Crippen LogP contribution < -0.4 is 5.32 Å². The summed E-state index contributed by atoms with van der Waals surface area (Å²) in [7, 11) is 1.32. The quantitative estimate of drug-likeness (QED) is 0.823. The molecular weight excluding hydrogens is 344 g/mol. The third-order valence-electron chi connectivity index (χ3n) is 4.84. The van der Waals surface area contributed by atoms with Crippen molar-refractivity contribution in [2.75, 3.05) is 32.2 Å². The Bertz CT molecular complexity index is 651. The zero-order chi connectivity index (χ0) is 17.8. The fourth-order valence-corrected chi connectivity index (χ4v) is 4.23. The number of morpholine rings is 1. The summed E-state index contributed by atoms with van der Waals surface area (Å²) in [6.07, 6.45) is 3.11. The van der Waals surface area contributed by atoms with Crippen LogP contribution in [0, 0.1) is 5.92 Å². The average molecular weight is 366 g/mol. The first-order chi connectivity index (χ1) is 12.1. The molecule has 136 valence electrons. The Morgan fingerprint density at radius 3 is 2.76 bits per heavy atom. The topological polar surface area (TPSA) is 84.9 Å². The Balaban J connectivity index is 1.54. The second-order valence-corrected chi connectivity index (χ2v) is 7.21. The molecule has 1 saturated carbocycles. The maximum absolute atomic E-state index is 12.5. The van der Waals surface area contributed by atoms with Crippen molar-refractivity contribution in [1.29, 1.82) is 0 Å². The van der Waals surface area contributed by atoms with Crippen LogP contribution in [-0.4, -0.2) is 55.6 Å². The molecular formula is C17H22N2O5S. The first kappa shape index (κ1) is 17.9. The number of nitrogens with zero attached hydrogens (tertiary/aromatic N) is 1. The minimum atomic E-state index is -0.453. The van der Waals surface area contributed by atoms with Crippen molar-refractivity contribution in [1.82, 2.24) is 4.90 Å². The first-order valence-electron chi connectivity index (χ1n) is 8.44. The van der Waals surface area contributed by atoms with Crippen LogP contribution in [0.1, 0.15) is 36.0 Å². The molecule has 1 N–H and O–H groups in total. The van der Waals surface area contributed by atoms with Gasteiger partial charge < -0.3 is 19.7 Å². The van der Waals surface area contributed by atoms with Gasteiger partial charge in [-0.2, -0.15) is 0 Å². The highest BCUT2D eigenvalue weighted by Crippen LogP contribution is 2.31. The molecule has 0 radical (unpaired) electrons. The molecule has 0 bridgehead atoms. The molecule has 8 heteroatoms. The number of rotatable bonds is 4. The normalized spacial score (nSPS) is 24.0. The molecule has 1 aromatic rings. The number of hydrogen-bond donors (Lipinski definition) is 1. The lowest BCUT2D eigenvalue weighted by atomic mass is 9.84. The standard InChI is InChI=1S/C17H22N2O5S/c1-23-17(22)13-6-9-25-16(13)18-15(21)11-2-4-12(5-3-11)19-7-8-24-10-14(19)20/h6,9,11-12H,2-5,7-8,10H2,1H3,(H,18,21). The minimum Gasteiger partial charge on any atom is -0.465 e. The maximum Gasteiger partial charge on any atom is 0.340 e. The summed E-state index contributed by atoms with van der Waals surface area (Å²) in [5, 5.41) is 5.14. The van der Waals surface area contributed by atoms with E-state index in [0.717, 1.165) is 25.7 Å². The van der Waals surface area contributed by atoms with Crippen LogP contribution in [-0.2, 0) is 19.1 Å². The Morgan fingerprint density at radius 1 is 1.32 bits per heavy atom. The van der Waals surface area contributed by atoms with Gasteiger partial charge in [0.25, 0.3) is 0 Å². The molecule has 1 aromatic heterocycles. The highest BCUT2D eigenvalue weighted by molar-refractivity contribution is 7.14. The van der Waals surface area contributed by atoms with Gasteiger partial charge in [-0.05, 0) is 37.1 Å². The van der Waals surface area contributed by atoms with E-state index in [1.54, 1.807) is 11.4 Å². The Hall–Kier alpha value is -1.93. The number of thiophene rings is 1. The maximum atomic E-state index is 12.5. The Labute approximate surface area is 150 Å². The molecule has 7 nitrogen and oxygen atoms in total. The number of ether oxygens (including phenoxy) is 2. The summed E-state index contributed by atoms with van der Waals surface area (Å²) in [6, 6.07) is 1.85. The van der Waals surface area contributed by atoms with E-state index < -0.39 is 5.97 Å². The van der Waals surface area contributed by atoms with Crippen LogP contribution in [0.15, 0.2) is 11.4 Å². The lowest BCUT2D eigenvalue weighted by Gasteiger charge is -2.38. The zero-order valence-corrected chi connectivity index (χ0v) is 15.0. The van der Waals surface area contributed by atoms with Crippen molar-refractivity contribution < 1.29 is 23.9 Å². The monoisotopic (exact) mass is 366 g/mol. The third-order valence-corrected chi connectivity index (χ3v) is 5.67. The number of methoxy groups -OCH3 is 1. The van der Waals surface area contributed by atoms with Crippen LogP contribution in [0.25, 0.3) is 0 Å². The number of hydrogen-bond acceptors (Lipinski definition) is 6. The number of anilines is 1. The zero-order valence-electron chi connectivity index (χ0n) is 14.2. The summed E-state index contributed by atoms with van der Waals surface area (Å²) in [5.41, 5.74) is 0.383. The number of nitrogens with one attached hydrogen (secondary N) is 1. The summed E-state index contributed by atoms with van der Waals surface area (Å²) in [6.45, 7) is 1.38. The average Bonchev–Trinajstić information content (AvgIpc) is 3.09. The Kier molecular flexibility index (Phi) is 5.70. The predicted octanol–water partition coefficient (Wildman–Crippen LogP) is 1.89. The molecule has 0 spiro atoms. The summed E-state index contributed by atoms with van der Waals surface area (Å²) < 4.78 is 9.89. The van der Waals surface area contributed by atoms with Gasteiger partial charge in [-0.3, -0.25) is 9.59 Å². The van der Waals surface area contributed by atoms with E-state index in [1.165, 1.54) is 18.4 Å². The fraction of sp³-hybridized carbons (Fsp3) is 0.588. The molecule has 3 rings (SSSR count). The van der Waals surface area contributed by atoms with E-state index in [9.17, 15) is 14.4 Å². The van der Waals surface area contributed by atoms with E-state index in [2.05, 4.69) is 5.32 Å². The van der Waals surface area contributed by atoms with Gasteiger partial charge in [0.2, 0.25) is 11.8 Å². The van der Waals surface area contributed by atoms with E-state index in [1.807, 2.05) is 4.90 Å². The summed E-state index contributed by atoms with van der Waals surface area (Å²) in [4.78, 5) is 38.0. The Morgan fingerprint density at radius 2 is 2.08 bits per heavy atom. The predicted molar refractivity (Wildman–Crippen MR) is 92.6 cm³/mol. The molecule has 0 aromatic carbocycles. The number of amides is 2. The van der Waals surface area contributed by atoms with Crippen LogP contribution in [0.3, 0.4) is 0 Å². The molecule has 2 amide bonds. The second kappa shape index (κ2) is 7.97. The smallest absolute Gasteiger partial charge is 0.340 e. The third kappa shape index (κ3) is 4.01. The molecule has 25 heavy (non-hydrogen) atoms. The first-order valence-corrected chi connectivity index (χ1v) is 9.32. The van der Waals surface area contributed by atoms with Gasteiger partial charge in [0, 0.05) is 18.5 Å². The number of carbonyl (C=O) groups is 3.